The number of pyridine rings is 1. The molecule has 0 fully saturated rings. The average Bonchev–Trinajstić information content (AvgIpc) is 2.36. The summed E-state index contributed by atoms with van der Waals surface area (Å²) in [7, 11) is 0. The first-order valence-corrected chi connectivity index (χ1v) is 5.67. The van der Waals surface area contributed by atoms with Crippen LogP contribution >= 0.6 is 11.6 Å². The van der Waals surface area contributed by atoms with Crippen molar-refractivity contribution in [2.75, 3.05) is 11.1 Å². The Hall–Kier alpha value is -2.25. The van der Waals surface area contributed by atoms with Gasteiger partial charge in [-0.15, -0.1) is 0 Å². The number of hydrogen-bond acceptors (Lipinski definition) is 4. The molecular weight excluding hydrogens is 248 g/mol. The number of nitriles is 1. The van der Waals surface area contributed by atoms with Crippen LogP contribution in [0.4, 0.5) is 17.2 Å². The third-order valence-corrected chi connectivity index (χ3v) is 2.84. The van der Waals surface area contributed by atoms with E-state index in [1.807, 2.05) is 13.0 Å². The summed E-state index contributed by atoms with van der Waals surface area (Å²) in [5.74, 6) is 0.638. The van der Waals surface area contributed by atoms with Gasteiger partial charge in [0.05, 0.1) is 34.2 Å². The van der Waals surface area contributed by atoms with Gasteiger partial charge in [-0.05, 0) is 36.8 Å². The number of aromatic nitrogens is 1. The molecule has 1 aromatic carbocycles. The van der Waals surface area contributed by atoms with Crippen LogP contribution in [0, 0.1) is 18.3 Å². The van der Waals surface area contributed by atoms with Crippen LogP contribution in [0.1, 0.15) is 11.1 Å². The summed E-state index contributed by atoms with van der Waals surface area (Å²) in [6.45, 7) is 1.90. The Morgan fingerprint density at radius 1 is 1.39 bits per heavy atom. The summed E-state index contributed by atoms with van der Waals surface area (Å²) in [5, 5.41) is 12.4. The molecule has 4 nitrogen and oxygen atoms in total. The number of anilines is 3. The summed E-state index contributed by atoms with van der Waals surface area (Å²) in [6.07, 6.45) is 1.58. The minimum atomic E-state index is 0.533. The molecule has 0 radical (unpaired) electrons. The number of nitrogen functional groups attached to an aromatic ring is 1. The lowest BCUT2D eigenvalue weighted by molar-refractivity contribution is 1.28. The highest BCUT2D eigenvalue weighted by molar-refractivity contribution is 6.33. The molecule has 90 valence electrons. The fourth-order valence-electron chi connectivity index (χ4n) is 1.46. The highest BCUT2D eigenvalue weighted by Gasteiger charge is 2.04. The molecule has 0 atom stereocenters. The number of nitrogens with two attached hydrogens (primary N) is 1. The smallest absolute Gasteiger partial charge is 0.130 e. The van der Waals surface area contributed by atoms with E-state index in [0.717, 1.165) is 5.56 Å². The zero-order valence-electron chi connectivity index (χ0n) is 9.74. The molecule has 0 saturated heterocycles. The number of halogens is 1. The Bertz CT molecular complexity index is 631. The SMILES string of the molecule is Cc1cc(Nc2cc(C#N)ccc2Cl)ncc1N. The van der Waals surface area contributed by atoms with Crippen LogP contribution in [0.3, 0.4) is 0 Å². The number of nitrogens with one attached hydrogen (secondary N) is 1. The van der Waals surface area contributed by atoms with Gasteiger partial charge >= 0.3 is 0 Å². The second-order valence-corrected chi connectivity index (χ2v) is 4.26. The average molecular weight is 259 g/mol. The maximum absolute atomic E-state index is 8.85. The van der Waals surface area contributed by atoms with Crippen molar-refractivity contribution in [1.82, 2.24) is 4.98 Å². The van der Waals surface area contributed by atoms with E-state index in [4.69, 9.17) is 22.6 Å². The highest BCUT2D eigenvalue weighted by atomic mass is 35.5. The maximum atomic E-state index is 8.85. The van der Waals surface area contributed by atoms with Gasteiger partial charge in [-0.1, -0.05) is 11.6 Å². The maximum Gasteiger partial charge on any atom is 0.130 e. The fraction of sp³-hybridized carbons (Fsp3) is 0.0769. The molecule has 2 aromatic rings. The minimum absolute atomic E-state index is 0.533. The molecule has 0 aliphatic carbocycles. The molecule has 0 saturated carbocycles. The Morgan fingerprint density at radius 2 is 2.17 bits per heavy atom. The molecule has 0 bridgehead atoms. The van der Waals surface area contributed by atoms with Gasteiger partial charge in [0.15, 0.2) is 0 Å². The second-order valence-electron chi connectivity index (χ2n) is 3.86. The third kappa shape index (κ3) is 2.53. The lowest BCUT2D eigenvalue weighted by Gasteiger charge is -2.09. The highest BCUT2D eigenvalue weighted by Crippen LogP contribution is 2.26. The fourth-order valence-corrected chi connectivity index (χ4v) is 1.63. The predicted molar refractivity (Wildman–Crippen MR) is 72.8 cm³/mol. The molecule has 3 N–H and O–H groups in total. The van der Waals surface area contributed by atoms with Crippen molar-refractivity contribution in [3.05, 3.63) is 46.6 Å². The monoisotopic (exact) mass is 258 g/mol. The molecule has 0 spiro atoms. The van der Waals surface area contributed by atoms with Crippen molar-refractivity contribution in [1.29, 1.82) is 5.26 Å². The zero-order valence-corrected chi connectivity index (χ0v) is 10.5. The normalized spacial score (nSPS) is 9.83. The van der Waals surface area contributed by atoms with Crippen molar-refractivity contribution in [3.63, 3.8) is 0 Å². The van der Waals surface area contributed by atoms with Crippen LogP contribution in [0.25, 0.3) is 0 Å². The van der Waals surface area contributed by atoms with Crippen LogP contribution in [-0.4, -0.2) is 4.98 Å². The van der Waals surface area contributed by atoms with Crippen LogP contribution < -0.4 is 11.1 Å². The lowest BCUT2D eigenvalue weighted by atomic mass is 10.2. The summed E-state index contributed by atoms with van der Waals surface area (Å²) in [4.78, 5) is 4.15. The van der Waals surface area contributed by atoms with E-state index < -0.39 is 0 Å². The Labute approximate surface area is 110 Å². The van der Waals surface area contributed by atoms with Gasteiger partial charge in [0.25, 0.3) is 0 Å². The predicted octanol–water partition coefficient (Wildman–Crippen LogP) is 3.24. The van der Waals surface area contributed by atoms with Gasteiger partial charge in [-0.2, -0.15) is 5.26 Å². The molecule has 0 amide bonds. The number of benzene rings is 1. The van der Waals surface area contributed by atoms with Crippen LogP contribution in [0.2, 0.25) is 5.02 Å². The molecular formula is C13H11ClN4. The summed E-state index contributed by atoms with van der Waals surface area (Å²) >= 11 is 6.05. The largest absolute Gasteiger partial charge is 0.397 e. The molecule has 18 heavy (non-hydrogen) atoms. The van der Waals surface area contributed by atoms with E-state index in [-0.39, 0.29) is 0 Å². The molecule has 1 aromatic heterocycles. The molecule has 0 aliphatic rings. The van der Waals surface area contributed by atoms with Crippen molar-refractivity contribution < 1.29 is 0 Å². The lowest BCUT2D eigenvalue weighted by Crippen LogP contribution is -1.98. The first kappa shape index (κ1) is 12.2. The number of hydrogen-bond donors (Lipinski definition) is 2. The third-order valence-electron chi connectivity index (χ3n) is 2.51. The Kier molecular flexibility index (Phi) is 3.35. The van der Waals surface area contributed by atoms with Gasteiger partial charge in [-0.25, -0.2) is 4.98 Å². The van der Waals surface area contributed by atoms with E-state index in [1.165, 1.54) is 0 Å². The Morgan fingerprint density at radius 3 is 2.83 bits per heavy atom. The summed E-state index contributed by atoms with van der Waals surface area (Å²) < 4.78 is 0. The zero-order chi connectivity index (χ0) is 13.1. The van der Waals surface area contributed by atoms with Crippen LogP contribution in [0.5, 0.6) is 0 Å². The molecule has 0 aliphatic heterocycles. The van der Waals surface area contributed by atoms with Crippen molar-refractivity contribution >= 4 is 28.8 Å². The van der Waals surface area contributed by atoms with Crippen molar-refractivity contribution in [3.8, 4) is 6.07 Å². The minimum Gasteiger partial charge on any atom is -0.397 e. The van der Waals surface area contributed by atoms with Gasteiger partial charge in [0, 0.05) is 0 Å². The van der Waals surface area contributed by atoms with Crippen LogP contribution in [0.15, 0.2) is 30.5 Å². The van der Waals surface area contributed by atoms with E-state index >= 15 is 0 Å². The van der Waals surface area contributed by atoms with E-state index in [9.17, 15) is 0 Å². The molecule has 2 rings (SSSR count). The van der Waals surface area contributed by atoms with Gasteiger partial charge in [0.2, 0.25) is 0 Å². The van der Waals surface area contributed by atoms with Crippen molar-refractivity contribution in [2.24, 2.45) is 0 Å². The van der Waals surface area contributed by atoms with Crippen molar-refractivity contribution in [2.45, 2.75) is 6.92 Å². The molecule has 5 heteroatoms. The first-order chi connectivity index (χ1) is 8.60. The van der Waals surface area contributed by atoms with E-state index in [2.05, 4.69) is 16.4 Å². The standard InChI is InChI=1S/C13H11ClN4/c1-8-4-13(17-7-11(8)16)18-12-5-9(6-15)2-3-10(12)14/h2-5,7H,16H2,1H3,(H,17,18). The Balaban J connectivity index is 2.33. The first-order valence-electron chi connectivity index (χ1n) is 5.29. The summed E-state index contributed by atoms with van der Waals surface area (Å²) in [6, 6.07) is 8.90. The quantitative estimate of drug-likeness (QED) is 0.867. The molecule has 0 unspecified atom stereocenters. The second kappa shape index (κ2) is 4.94. The van der Waals surface area contributed by atoms with Gasteiger partial charge in [0.1, 0.15) is 5.82 Å². The number of rotatable bonds is 2. The van der Waals surface area contributed by atoms with Crippen LogP contribution in [-0.2, 0) is 0 Å². The van der Waals surface area contributed by atoms with E-state index in [0.29, 0.717) is 27.8 Å². The van der Waals surface area contributed by atoms with Gasteiger partial charge < -0.3 is 11.1 Å². The molecule has 1 heterocycles. The summed E-state index contributed by atoms with van der Waals surface area (Å²) in [5.41, 5.74) is 8.45. The number of aryl methyl sites for hydroxylation is 1. The topological polar surface area (TPSA) is 74.7 Å². The number of nitrogens with zero attached hydrogens (tertiary/aromatic N) is 2. The van der Waals surface area contributed by atoms with Gasteiger partial charge in [-0.3, -0.25) is 0 Å². The van der Waals surface area contributed by atoms with E-state index in [1.54, 1.807) is 24.4 Å².